The minimum absolute atomic E-state index is 0.0818. The van der Waals surface area contributed by atoms with Gasteiger partial charge in [0.2, 0.25) is 0 Å². The lowest BCUT2D eigenvalue weighted by atomic mass is 10.0. The number of ketones is 1. The van der Waals surface area contributed by atoms with E-state index in [1.54, 1.807) is 12.1 Å². The molecular weight excluding hydrogens is 318 g/mol. The highest BCUT2D eigenvalue weighted by Crippen LogP contribution is 2.33. The molecule has 0 aliphatic rings. The van der Waals surface area contributed by atoms with Gasteiger partial charge in [-0.15, -0.1) is 0 Å². The van der Waals surface area contributed by atoms with Crippen LogP contribution in [0.2, 0.25) is 10.0 Å². The third-order valence-electron chi connectivity index (χ3n) is 2.91. The van der Waals surface area contributed by atoms with Crippen LogP contribution in [-0.4, -0.2) is 20.0 Å². The highest BCUT2D eigenvalue weighted by molar-refractivity contribution is 6.44. The van der Waals surface area contributed by atoms with Crippen molar-refractivity contribution in [2.24, 2.45) is 0 Å². The van der Waals surface area contributed by atoms with Crippen molar-refractivity contribution in [3.8, 4) is 11.5 Å². The van der Waals surface area contributed by atoms with Crippen LogP contribution in [0.25, 0.3) is 0 Å². The summed E-state index contributed by atoms with van der Waals surface area (Å²) >= 11 is 11.9. The summed E-state index contributed by atoms with van der Waals surface area (Å²) in [5.74, 6) is -0.862. The number of hydrogen-bond acceptors (Lipinski definition) is 3. The van der Waals surface area contributed by atoms with E-state index in [9.17, 15) is 9.18 Å². The fourth-order valence-electron chi connectivity index (χ4n) is 1.85. The third-order valence-corrected chi connectivity index (χ3v) is 3.73. The van der Waals surface area contributed by atoms with Gasteiger partial charge in [-0.05, 0) is 18.2 Å². The maximum atomic E-state index is 14.1. The minimum atomic E-state index is -0.728. The van der Waals surface area contributed by atoms with Gasteiger partial charge in [0.05, 0.1) is 29.8 Å². The van der Waals surface area contributed by atoms with Crippen molar-refractivity contribution in [1.29, 1.82) is 0 Å². The summed E-state index contributed by atoms with van der Waals surface area (Å²) in [5, 5.41) is 0.307. The second kappa shape index (κ2) is 6.33. The molecule has 0 unspecified atom stereocenters. The van der Waals surface area contributed by atoms with Crippen LogP contribution in [0.1, 0.15) is 15.9 Å². The molecule has 2 rings (SSSR count). The van der Waals surface area contributed by atoms with Crippen LogP contribution in [0.3, 0.4) is 0 Å². The average Bonchev–Trinajstić information content (AvgIpc) is 2.49. The van der Waals surface area contributed by atoms with Gasteiger partial charge in [-0.3, -0.25) is 4.79 Å². The van der Waals surface area contributed by atoms with Crippen molar-refractivity contribution in [2.75, 3.05) is 14.2 Å². The Labute approximate surface area is 131 Å². The number of benzene rings is 2. The lowest BCUT2D eigenvalue weighted by Crippen LogP contribution is -2.06. The molecule has 0 radical (unpaired) electrons. The van der Waals surface area contributed by atoms with Gasteiger partial charge in [0.15, 0.2) is 17.3 Å². The fraction of sp³-hybridized carbons (Fsp3) is 0.133. The van der Waals surface area contributed by atoms with Crippen molar-refractivity contribution >= 4 is 29.0 Å². The quantitative estimate of drug-likeness (QED) is 0.781. The van der Waals surface area contributed by atoms with Crippen LogP contribution in [-0.2, 0) is 0 Å². The molecule has 0 aliphatic heterocycles. The van der Waals surface area contributed by atoms with E-state index in [0.29, 0.717) is 0 Å². The Morgan fingerprint density at radius 1 is 1.05 bits per heavy atom. The SMILES string of the molecule is COc1cc(F)c(C(=O)c2cccc(Cl)c2Cl)cc1OC. The molecule has 0 N–H and O–H groups in total. The first-order valence-electron chi connectivity index (χ1n) is 5.89. The number of carbonyl (C=O) groups excluding carboxylic acids is 1. The number of rotatable bonds is 4. The van der Waals surface area contributed by atoms with E-state index >= 15 is 0 Å². The summed E-state index contributed by atoms with van der Waals surface area (Å²) < 4.78 is 24.1. The van der Waals surface area contributed by atoms with Gasteiger partial charge >= 0.3 is 0 Å². The second-order valence-electron chi connectivity index (χ2n) is 4.12. The van der Waals surface area contributed by atoms with Crippen molar-refractivity contribution in [1.82, 2.24) is 0 Å². The van der Waals surface area contributed by atoms with Gasteiger partial charge < -0.3 is 9.47 Å². The summed E-state index contributed by atoms with van der Waals surface area (Å²) in [5.41, 5.74) is -0.0490. The molecule has 2 aromatic rings. The fourth-order valence-corrected chi connectivity index (χ4v) is 2.24. The van der Waals surface area contributed by atoms with Gasteiger partial charge in [-0.2, -0.15) is 0 Å². The van der Waals surface area contributed by atoms with Crippen molar-refractivity contribution in [3.05, 3.63) is 57.3 Å². The predicted octanol–water partition coefficient (Wildman–Crippen LogP) is 4.38. The summed E-state index contributed by atoms with van der Waals surface area (Å²) in [7, 11) is 2.78. The maximum Gasteiger partial charge on any atom is 0.197 e. The largest absolute Gasteiger partial charge is 0.493 e. The monoisotopic (exact) mass is 328 g/mol. The van der Waals surface area contributed by atoms with Gasteiger partial charge in [0.1, 0.15) is 5.82 Å². The van der Waals surface area contributed by atoms with Crippen molar-refractivity contribution in [3.63, 3.8) is 0 Å². The zero-order chi connectivity index (χ0) is 15.6. The molecule has 6 heteroatoms. The van der Waals surface area contributed by atoms with E-state index in [1.165, 1.54) is 26.4 Å². The van der Waals surface area contributed by atoms with Crippen molar-refractivity contribution < 1.29 is 18.7 Å². The number of halogens is 3. The first-order valence-corrected chi connectivity index (χ1v) is 6.65. The van der Waals surface area contributed by atoms with E-state index in [-0.39, 0.29) is 32.7 Å². The Morgan fingerprint density at radius 3 is 2.29 bits per heavy atom. The summed E-state index contributed by atoms with van der Waals surface area (Å²) in [6.07, 6.45) is 0. The summed E-state index contributed by atoms with van der Waals surface area (Å²) in [6, 6.07) is 6.96. The molecule has 0 saturated carbocycles. The highest BCUT2D eigenvalue weighted by Gasteiger charge is 2.21. The van der Waals surface area contributed by atoms with Gasteiger partial charge in [-0.1, -0.05) is 29.3 Å². The van der Waals surface area contributed by atoms with E-state index in [4.69, 9.17) is 32.7 Å². The minimum Gasteiger partial charge on any atom is -0.493 e. The zero-order valence-electron chi connectivity index (χ0n) is 11.2. The van der Waals surface area contributed by atoms with E-state index in [2.05, 4.69) is 0 Å². The molecule has 0 amide bonds. The van der Waals surface area contributed by atoms with Crippen LogP contribution >= 0.6 is 23.2 Å². The maximum absolute atomic E-state index is 14.1. The first-order chi connectivity index (χ1) is 9.99. The Kier molecular flexibility index (Phi) is 4.70. The molecule has 0 aliphatic carbocycles. The molecular formula is C15H11Cl2FO3. The molecule has 110 valence electrons. The molecule has 0 spiro atoms. The predicted molar refractivity (Wildman–Crippen MR) is 79.4 cm³/mol. The lowest BCUT2D eigenvalue weighted by Gasteiger charge is -2.11. The van der Waals surface area contributed by atoms with E-state index < -0.39 is 11.6 Å². The normalized spacial score (nSPS) is 10.3. The number of hydrogen-bond donors (Lipinski definition) is 0. The smallest absolute Gasteiger partial charge is 0.197 e. The van der Waals surface area contributed by atoms with Gasteiger partial charge in [0, 0.05) is 11.6 Å². The molecule has 0 heterocycles. The Balaban J connectivity index is 2.56. The van der Waals surface area contributed by atoms with E-state index in [1.807, 2.05) is 0 Å². The van der Waals surface area contributed by atoms with Crippen molar-refractivity contribution in [2.45, 2.75) is 0 Å². The number of ether oxygens (including phenoxy) is 2. The van der Waals surface area contributed by atoms with Crippen LogP contribution < -0.4 is 9.47 Å². The van der Waals surface area contributed by atoms with Crippen LogP contribution in [0, 0.1) is 5.82 Å². The van der Waals surface area contributed by atoms with Crippen LogP contribution in [0.5, 0.6) is 11.5 Å². The van der Waals surface area contributed by atoms with Crippen LogP contribution in [0.4, 0.5) is 4.39 Å². The molecule has 0 saturated heterocycles. The topological polar surface area (TPSA) is 35.5 Å². The van der Waals surface area contributed by atoms with Gasteiger partial charge in [0.25, 0.3) is 0 Å². The van der Waals surface area contributed by atoms with Gasteiger partial charge in [-0.25, -0.2) is 4.39 Å². The summed E-state index contributed by atoms with van der Waals surface area (Å²) in [6.45, 7) is 0. The number of carbonyl (C=O) groups is 1. The standard InChI is InChI=1S/C15H11Cl2FO3/c1-20-12-6-9(11(18)7-13(12)21-2)15(19)8-4-3-5-10(16)14(8)17/h3-7H,1-2H3. The molecule has 0 aromatic heterocycles. The number of methoxy groups -OCH3 is 2. The molecule has 3 nitrogen and oxygen atoms in total. The Hall–Kier alpha value is -1.78. The molecule has 0 fully saturated rings. The first kappa shape index (κ1) is 15.6. The van der Waals surface area contributed by atoms with E-state index in [0.717, 1.165) is 6.07 Å². The lowest BCUT2D eigenvalue weighted by molar-refractivity contribution is 0.103. The average molecular weight is 329 g/mol. The zero-order valence-corrected chi connectivity index (χ0v) is 12.8. The third kappa shape index (κ3) is 2.96. The molecule has 2 aromatic carbocycles. The second-order valence-corrected chi connectivity index (χ2v) is 4.90. The molecule has 0 atom stereocenters. The summed E-state index contributed by atoms with van der Waals surface area (Å²) in [4.78, 5) is 12.4. The Bertz CT molecular complexity index is 702. The molecule has 0 bridgehead atoms. The highest BCUT2D eigenvalue weighted by atomic mass is 35.5. The molecule has 21 heavy (non-hydrogen) atoms. The van der Waals surface area contributed by atoms with Crippen LogP contribution in [0.15, 0.2) is 30.3 Å². The Morgan fingerprint density at radius 2 is 1.67 bits per heavy atom.